The summed E-state index contributed by atoms with van der Waals surface area (Å²) in [5, 5.41) is 20.0. The predicted octanol–water partition coefficient (Wildman–Crippen LogP) is 1.88. The van der Waals surface area contributed by atoms with Crippen molar-refractivity contribution in [3.8, 4) is 0 Å². The Bertz CT molecular complexity index is 473. The lowest BCUT2D eigenvalue weighted by atomic mass is 10.0. The van der Waals surface area contributed by atoms with Gasteiger partial charge in [-0.15, -0.1) is 0 Å². The van der Waals surface area contributed by atoms with Crippen LogP contribution in [-0.4, -0.2) is 54.3 Å². The molecule has 1 N–H and O–H groups in total. The second-order valence-corrected chi connectivity index (χ2v) is 5.52. The Morgan fingerprint density at radius 2 is 2.05 bits per heavy atom. The molecule has 1 fully saturated rings. The van der Waals surface area contributed by atoms with Crippen molar-refractivity contribution in [3.63, 3.8) is 0 Å². The molecule has 0 bridgehead atoms. The van der Waals surface area contributed by atoms with E-state index in [0.717, 1.165) is 44.6 Å². The number of nitro benzene ring substituents is 1. The first-order valence-corrected chi connectivity index (χ1v) is 7.43. The average molecular weight is 293 g/mol. The maximum absolute atomic E-state index is 11.1. The smallest absolute Gasteiger partial charge is 0.292 e. The van der Waals surface area contributed by atoms with E-state index >= 15 is 0 Å². The van der Waals surface area contributed by atoms with Gasteiger partial charge in [0.15, 0.2) is 0 Å². The van der Waals surface area contributed by atoms with Crippen LogP contribution < -0.4 is 4.90 Å². The maximum atomic E-state index is 11.1. The molecule has 1 aliphatic heterocycles. The van der Waals surface area contributed by atoms with Crippen LogP contribution in [0.2, 0.25) is 0 Å². The van der Waals surface area contributed by atoms with E-state index in [4.69, 9.17) is 5.11 Å². The standard InChI is InChI=1S/C15H23N3O3/c1-16(9-4-12-19)13-7-10-17(11-8-13)14-5-2-3-6-15(14)18(20)21/h2-3,5-6,13,19H,4,7-12H2,1H3. The minimum atomic E-state index is -0.311. The number of aliphatic hydroxyl groups is 1. The Morgan fingerprint density at radius 1 is 1.38 bits per heavy atom. The third-order valence-electron chi connectivity index (χ3n) is 4.18. The van der Waals surface area contributed by atoms with Gasteiger partial charge in [-0.2, -0.15) is 0 Å². The molecule has 0 unspecified atom stereocenters. The van der Waals surface area contributed by atoms with Gasteiger partial charge in [0.1, 0.15) is 5.69 Å². The topological polar surface area (TPSA) is 69.8 Å². The van der Waals surface area contributed by atoms with Gasteiger partial charge < -0.3 is 14.9 Å². The van der Waals surface area contributed by atoms with Gasteiger partial charge in [0.05, 0.1) is 4.92 Å². The van der Waals surface area contributed by atoms with E-state index in [1.165, 1.54) is 0 Å². The number of benzene rings is 1. The molecule has 116 valence electrons. The molecule has 1 saturated heterocycles. The average Bonchev–Trinajstić information content (AvgIpc) is 2.52. The molecule has 0 spiro atoms. The second kappa shape index (κ2) is 7.38. The molecule has 1 aromatic rings. The van der Waals surface area contributed by atoms with Crippen molar-refractivity contribution >= 4 is 11.4 Å². The highest BCUT2D eigenvalue weighted by atomic mass is 16.6. The molecule has 0 aromatic heterocycles. The van der Waals surface area contributed by atoms with Crippen molar-refractivity contribution < 1.29 is 10.0 Å². The number of piperidine rings is 1. The highest BCUT2D eigenvalue weighted by Gasteiger charge is 2.25. The molecule has 0 saturated carbocycles. The summed E-state index contributed by atoms with van der Waals surface area (Å²) in [4.78, 5) is 15.2. The Balaban J connectivity index is 1.97. The van der Waals surface area contributed by atoms with Crippen LogP contribution in [0.1, 0.15) is 19.3 Å². The first kappa shape index (κ1) is 15.7. The van der Waals surface area contributed by atoms with Crippen LogP contribution >= 0.6 is 0 Å². The lowest BCUT2D eigenvalue weighted by Gasteiger charge is -2.37. The summed E-state index contributed by atoms with van der Waals surface area (Å²) in [7, 11) is 2.08. The van der Waals surface area contributed by atoms with E-state index in [1.54, 1.807) is 12.1 Å². The van der Waals surface area contributed by atoms with Crippen molar-refractivity contribution in [2.24, 2.45) is 0 Å². The second-order valence-electron chi connectivity index (χ2n) is 5.52. The first-order valence-electron chi connectivity index (χ1n) is 7.43. The fourth-order valence-corrected chi connectivity index (χ4v) is 2.94. The molecule has 0 atom stereocenters. The first-order chi connectivity index (χ1) is 10.1. The zero-order valence-electron chi connectivity index (χ0n) is 12.4. The molecule has 1 aliphatic rings. The number of aliphatic hydroxyl groups excluding tert-OH is 1. The largest absolute Gasteiger partial charge is 0.396 e. The van der Waals surface area contributed by atoms with Gasteiger partial charge in [0, 0.05) is 38.3 Å². The number of nitrogens with zero attached hydrogens (tertiary/aromatic N) is 3. The summed E-state index contributed by atoms with van der Waals surface area (Å²) < 4.78 is 0. The van der Waals surface area contributed by atoms with Crippen LogP contribution in [0, 0.1) is 10.1 Å². The van der Waals surface area contributed by atoms with Gasteiger partial charge in [0.25, 0.3) is 5.69 Å². The van der Waals surface area contributed by atoms with Crippen molar-refractivity contribution in [1.29, 1.82) is 0 Å². The highest BCUT2D eigenvalue weighted by Crippen LogP contribution is 2.30. The number of anilines is 1. The summed E-state index contributed by atoms with van der Waals surface area (Å²) in [5.74, 6) is 0. The van der Waals surface area contributed by atoms with Crippen LogP contribution in [0.25, 0.3) is 0 Å². The third kappa shape index (κ3) is 3.92. The zero-order chi connectivity index (χ0) is 15.2. The SMILES string of the molecule is CN(CCCO)C1CCN(c2ccccc2[N+](=O)[O-])CC1. The van der Waals surface area contributed by atoms with Crippen molar-refractivity contribution in [1.82, 2.24) is 4.90 Å². The number of hydrogen-bond acceptors (Lipinski definition) is 5. The molecular weight excluding hydrogens is 270 g/mol. The van der Waals surface area contributed by atoms with Crippen molar-refractivity contribution in [3.05, 3.63) is 34.4 Å². The molecule has 6 nitrogen and oxygen atoms in total. The predicted molar refractivity (Wildman–Crippen MR) is 82.7 cm³/mol. The van der Waals surface area contributed by atoms with Gasteiger partial charge in [-0.25, -0.2) is 0 Å². The lowest BCUT2D eigenvalue weighted by Crippen LogP contribution is -2.44. The zero-order valence-corrected chi connectivity index (χ0v) is 12.4. The third-order valence-corrected chi connectivity index (χ3v) is 4.18. The molecular formula is C15H23N3O3. The van der Waals surface area contributed by atoms with E-state index in [-0.39, 0.29) is 17.2 Å². The molecule has 2 rings (SSSR count). The Labute approximate surface area is 125 Å². The van der Waals surface area contributed by atoms with E-state index in [2.05, 4.69) is 16.8 Å². The molecule has 1 heterocycles. The van der Waals surface area contributed by atoms with E-state index in [0.29, 0.717) is 6.04 Å². The van der Waals surface area contributed by atoms with Crippen LogP contribution in [0.3, 0.4) is 0 Å². The normalized spacial score (nSPS) is 16.4. The van der Waals surface area contributed by atoms with Gasteiger partial charge >= 0.3 is 0 Å². The minimum Gasteiger partial charge on any atom is -0.396 e. The molecule has 1 aromatic carbocycles. The monoisotopic (exact) mass is 293 g/mol. The van der Waals surface area contributed by atoms with Gasteiger partial charge in [-0.05, 0) is 32.4 Å². The lowest BCUT2D eigenvalue weighted by molar-refractivity contribution is -0.384. The van der Waals surface area contributed by atoms with Crippen LogP contribution in [0.15, 0.2) is 24.3 Å². The van der Waals surface area contributed by atoms with Crippen LogP contribution in [-0.2, 0) is 0 Å². The number of rotatable bonds is 6. The summed E-state index contributed by atoms with van der Waals surface area (Å²) >= 11 is 0. The van der Waals surface area contributed by atoms with Crippen molar-refractivity contribution in [2.75, 3.05) is 38.2 Å². The molecule has 6 heteroatoms. The number of hydrogen-bond donors (Lipinski definition) is 1. The molecule has 0 aliphatic carbocycles. The fraction of sp³-hybridized carbons (Fsp3) is 0.600. The highest BCUT2D eigenvalue weighted by molar-refractivity contribution is 5.63. The molecule has 0 amide bonds. The van der Waals surface area contributed by atoms with Gasteiger partial charge in [-0.3, -0.25) is 10.1 Å². The summed E-state index contributed by atoms with van der Waals surface area (Å²) in [6, 6.07) is 7.44. The van der Waals surface area contributed by atoms with E-state index < -0.39 is 0 Å². The Morgan fingerprint density at radius 3 is 2.67 bits per heavy atom. The van der Waals surface area contributed by atoms with E-state index in [1.807, 2.05) is 12.1 Å². The molecule has 0 radical (unpaired) electrons. The van der Waals surface area contributed by atoms with E-state index in [9.17, 15) is 10.1 Å². The molecule has 21 heavy (non-hydrogen) atoms. The maximum Gasteiger partial charge on any atom is 0.292 e. The van der Waals surface area contributed by atoms with Crippen LogP contribution in [0.4, 0.5) is 11.4 Å². The summed E-state index contributed by atoms with van der Waals surface area (Å²) in [5.41, 5.74) is 0.906. The number of nitro groups is 1. The quantitative estimate of drug-likeness (QED) is 0.640. The Hall–Kier alpha value is -1.66. The van der Waals surface area contributed by atoms with Crippen LogP contribution in [0.5, 0.6) is 0 Å². The Kier molecular flexibility index (Phi) is 5.52. The number of para-hydroxylation sites is 2. The van der Waals surface area contributed by atoms with Gasteiger partial charge in [0.2, 0.25) is 0 Å². The summed E-state index contributed by atoms with van der Waals surface area (Å²) in [6.45, 7) is 2.78. The fourth-order valence-electron chi connectivity index (χ4n) is 2.94. The van der Waals surface area contributed by atoms with Gasteiger partial charge in [-0.1, -0.05) is 12.1 Å². The van der Waals surface area contributed by atoms with Crippen molar-refractivity contribution in [2.45, 2.75) is 25.3 Å². The minimum absolute atomic E-state index is 0.185. The summed E-state index contributed by atoms with van der Waals surface area (Å²) in [6.07, 6.45) is 2.78.